The lowest BCUT2D eigenvalue weighted by molar-refractivity contribution is -0.141. The number of rotatable bonds is 8. The van der Waals surface area contributed by atoms with Crippen LogP contribution in [-0.4, -0.2) is 28.8 Å². The second-order valence-electron chi connectivity index (χ2n) is 8.64. The van der Waals surface area contributed by atoms with Crippen molar-refractivity contribution in [3.05, 3.63) is 69.2 Å². The van der Waals surface area contributed by atoms with Crippen molar-refractivity contribution in [1.82, 2.24) is 10.2 Å². The molecule has 1 aliphatic rings. The highest BCUT2D eigenvalue weighted by Crippen LogP contribution is 2.25. The monoisotopic (exact) mass is 474 g/mol. The molecule has 0 aliphatic heterocycles. The van der Waals surface area contributed by atoms with E-state index < -0.39 is 6.04 Å². The molecule has 1 N–H and O–H groups in total. The second-order valence-corrected chi connectivity index (χ2v) is 9.46. The van der Waals surface area contributed by atoms with Gasteiger partial charge in [0.2, 0.25) is 11.8 Å². The smallest absolute Gasteiger partial charge is 0.243 e. The molecular formula is C26H32Cl2N2O2. The maximum Gasteiger partial charge on any atom is 0.243 e. The van der Waals surface area contributed by atoms with E-state index in [1.807, 2.05) is 44.2 Å². The van der Waals surface area contributed by atoms with Crippen LogP contribution in [0.3, 0.4) is 0 Å². The number of nitrogens with one attached hydrogen (secondary N) is 1. The third-order valence-electron chi connectivity index (χ3n) is 6.28. The summed E-state index contributed by atoms with van der Waals surface area (Å²) in [7, 11) is 0. The molecule has 0 aromatic heterocycles. The van der Waals surface area contributed by atoms with Crippen LogP contribution in [0.5, 0.6) is 0 Å². The lowest BCUT2D eigenvalue weighted by atomic mass is 9.95. The molecule has 0 spiro atoms. The summed E-state index contributed by atoms with van der Waals surface area (Å²) in [5, 5.41) is 4.11. The predicted molar refractivity (Wildman–Crippen MR) is 131 cm³/mol. The van der Waals surface area contributed by atoms with Gasteiger partial charge in [-0.15, -0.1) is 0 Å². The molecule has 172 valence electrons. The first-order valence-electron chi connectivity index (χ1n) is 11.5. The minimum absolute atomic E-state index is 0.0717. The Bertz CT molecular complexity index is 941. The minimum Gasteiger partial charge on any atom is -0.352 e. The SMILES string of the molecule is CCC(C(=O)NC1CCCCC1)N(Cc1ccc(Cl)c(Cl)c1)C(=O)Cc1ccccc1C. The van der Waals surface area contributed by atoms with Crippen LogP contribution in [-0.2, 0) is 22.6 Å². The number of hydrogen-bond donors (Lipinski definition) is 1. The van der Waals surface area contributed by atoms with Gasteiger partial charge in [0.25, 0.3) is 0 Å². The summed E-state index contributed by atoms with van der Waals surface area (Å²) < 4.78 is 0. The van der Waals surface area contributed by atoms with Gasteiger partial charge in [0, 0.05) is 12.6 Å². The van der Waals surface area contributed by atoms with E-state index in [4.69, 9.17) is 23.2 Å². The fourth-order valence-electron chi connectivity index (χ4n) is 4.37. The van der Waals surface area contributed by atoms with Crippen LogP contribution in [0.1, 0.15) is 62.1 Å². The van der Waals surface area contributed by atoms with E-state index >= 15 is 0 Å². The third-order valence-corrected chi connectivity index (χ3v) is 7.02. The van der Waals surface area contributed by atoms with E-state index in [9.17, 15) is 9.59 Å². The molecule has 6 heteroatoms. The number of aryl methyl sites for hydroxylation is 1. The maximum atomic E-state index is 13.5. The van der Waals surface area contributed by atoms with Crippen LogP contribution in [0.2, 0.25) is 10.0 Å². The first-order valence-corrected chi connectivity index (χ1v) is 12.2. The summed E-state index contributed by atoms with van der Waals surface area (Å²) in [5.41, 5.74) is 2.88. The van der Waals surface area contributed by atoms with Gasteiger partial charge in [0.05, 0.1) is 16.5 Å². The molecule has 2 aromatic carbocycles. The third kappa shape index (κ3) is 6.49. The average Bonchev–Trinajstić information content (AvgIpc) is 2.78. The van der Waals surface area contributed by atoms with E-state index in [1.165, 1.54) is 6.42 Å². The van der Waals surface area contributed by atoms with Crippen LogP contribution < -0.4 is 5.32 Å². The Balaban J connectivity index is 1.84. The molecule has 2 aromatic rings. The highest BCUT2D eigenvalue weighted by atomic mass is 35.5. The first-order chi connectivity index (χ1) is 15.4. The molecule has 2 amide bonds. The fourth-order valence-corrected chi connectivity index (χ4v) is 4.69. The van der Waals surface area contributed by atoms with Crippen molar-refractivity contribution in [2.75, 3.05) is 0 Å². The van der Waals surface area contributed by atoms with E-state index in [2.05, 4.69) is 5.32 Å². The van der Waals surface area contributed by atoms with Crippen molar-refractivity contribution in [3.63, 3.8) is 0 Å². The van der Waals surface area contributed by atoms with Gasteiger partial charge in [-0.05, 0) is 55.0 Å². The number of nitrogens with zero attached hydrogens (tertiary/aromatic N) is 1. The molecular weight excluding hydrogens is 443 g/mol. The Morgan fingerprint density at radius 3 is 2.44 bits per heavy atom. The van der Waals surface area contributed by atoms with Crippen molar-refractivity contribution >= 4 is 35.0 Å². The van der Waals surface area contributed by atoms with E-state index in [1.54, 1.807) is 17.0 Å². The molecule has 1 unspecified atom stereocenters. The van der Waals surface area contributed by atoms with Crippen LogP contribution in [0, 0.1) is 6.92 Å². The molecule has 3 rings (SSSR count). The Morgan fingerprint density at radius 1 is 1.06 bits per heavy atom. The van der Waals surface area contributed by atoms with Crippen molar-refractivity contribution in [2.24, 2.45) is 0 Å². The summed E-state index contributed by atoms with van der Waals surface area (Å²) in [6.07, 6.45) is 6.31. The van der Waals surface area contributed by atoms with Crippen molar-refractivity contribution in [1.29, 1.82) is 0 Å². The quantitative estimate of drug-likeness (QED) is 0.502. The molecule has 0 saturated heterocycles. The van der Waals surface area contributed by atoms with E-state index in [0.29, 0.717) is 23.0 Å². The summed E-state index contributed by atoms with van der Waals surface area (Å²) in [6, 6.07) is 12.9. The molecule has 32 heavy (non-hydrogen) atoms. The normalized spacial score (nSPS) is 15.2. The highest BCUT2D eigenvalue weighted by Gasteiger charge is 2.30. The molecule has 1 saturated carbocycles. The van der Waals surface area contributed by atoms with Gasteiger partial charge in [0.15, 0.2) is 0 Å². The lowest BCUT2D eigenvalue weighted by Crippen LogP contribution is -2.52. The summed E-state index contributed by atoms with van der Waals surface area (Å²) in [4.78, 5) is 28.5. The molecule has 0 heterocycles. The van der Waals surface area contributed by atoms with Gasteiger partial charge in [-0.2, -0.15) is 0 Å². The summed E-state index contributed by atoms with van der Waals surface area (Å²) >= 11 is 12.3. The second kappa shape index (κ2) is 11.7. The van der Waals surface area contributed by atoms with Crippen molar-refractivity contribution < 1.29 is 9.59 Å². The largest absolute Gasteiger partial charge is 0.352 e. The predicted octanol–water partition coefficient (Wildman–Crippen LogP) is 6.10. The zero-order chi connectivity index (χ0) is 23.1. The molecule has 1 fully saturated rings. The van der Waals surface area contributed by atoms with Gasteiger partial charge in [-0.3, -0.25) is 9.59 Å². The first kappa shape index (κ1) is 24.6. The Hall–Kier alpha value is -2.04. The van der Waals surface area contributed by atoms with Crippen LogP contribution >= 0.6 is 23.2 Å². The van der Waals surface area contributed by atoms with Gasteiger partial charge >= 0.3 is 0 Å². The van der Waals surface area contributed by atoms with Crippen molar-refractivity contribution in [3.8, 4) is 0 Å². The van der Waals surface area contributed by atoms with Gasteiger partial charge < -0.3 is 10.2 Å². The summed E-state index contributed by atoms with van der Waals surface area (Å²) in [5.74, 6) is -0.145. The maximum absolute atomic E-state index is 13.5. The number of carbonyl (C=O) groups is 2. The van der Waals surface area contributed by atoms with Gasteiger partial charge in [-0.1, -0.05) is 79.7 Å². The minimum atomic E-state index is -0.539. The zero-order valence-electron chi connectivity index (χ0n) is 18.9. The highest BCUT2D eigenvalue weighted by molar-refractivity contribution is 6.42. The number of hydrogen-bond acceptors (Lipinski definition) is 2. The van der Waals surface area contributed by atoms with Crippen LogP contribution in [0.4, 0.5) is 0 Å². The van der Waals surface area contributed by atoms with Gasteiger partial charge in [-0.25, -0.2) is 0 Å². The lowest BCUT2D eigenvalue weighted by Gasteiger charge is -2.33. The fraction of sp³-hybridized carbons (Fsp3) is 0.462. The Labute approximate surface area is 201 Å². The number of benzene rings is 2. The molecule has 1 aliphatic carbocycles. The Morgan fingerprint density at radius 2 is 1.78 bits per heavy atom. The number of amides is 2. The zero-order valence-corrected chi connectivity index (χ0v) is 20.4. The van der Waals surface area contributed by atoms with Crippen LogP contribution in [0.25, 0.3) is 0 Å². The molecule has 4 nitrogen and oxygen atoms in total. The average molecular weight is 475 g/mol. The number of halogens is 2. The number of carbonyl (C=O) groups excluding carboxylic acids is 2. The Kier molecular flexibility index (Phi) is 9.01. The summed E-state index contributed by atoms with van der Waals surface area (Å²) in [6.45, 7) is 4.26. The van der Waals surface area contributed by atoms with Gasteiger partial charge in [0.1, 0.15) is 6.04 Å². The van der Waals surface area contributed by atoms with E-state index in [-0.39, 0.29) is 24.3 Å². The van der Waals surface area contributed by atoms with Crippen molar-refractivity contribution in [2.45, 2.75) is 77.4 Å². The molecule has 1 atom stereocenters. The molecule has 0 bridgehead atoms. The standard InChI is InChI=1S/C26H32Cl2N2O2/c1-3-24(26(32)29-21-11-5-4-6-12-21)30(17-19-13-14-22(27)23(28)15-19)25(31)16-20-10-8-7-9-18(20)2/h7-10,13-15,21,24H,3-6,11-12,16-17H2,1-2H3,(H,29,32). The molecule has 0 radical (unpaired) electrons. The topological polar surface area (TPSA) is 49.4 Å². The van der Waals surface area contributed by atoms with E-state index in [0.717, 1.165) is 42.4 Å². The van der Waals surface area contributed by atoms with Crippen LogP contribution in [0.15, 0.2) is 42.5 Å².